The van der Waals surface area contributed by atoms with Crippen LogP contribution in [0.1, 0.15) is 97.0 Å². The molecule has 0 radical (unpaired) electrons. The Morgan fingerprint density at radius 3 is 1.41 bits per heavy atom. The van der Waals surface area contributed by atoms with Gasteiger partial charge in [-0.05, 0) is 54.2 Å². The van der Waals surface area contributed by atoms with E-state index in [1.807, 2.05) is 0 Å². The lowest BCUT2D eigenvalue weighted by Gasteiger charge is -2.50. The number of anilines is 1. The van der Waals surface area contributed by atoms with Gasteiger partial charge in [-0.25, -0.2) is 4.68 Å². The molecule has 0 aliphatic carbocycles. The molecule has 42 nitrogen and oxygen atoms in total. The third kappa shape index (κ3) is 20.0. The summed E-state index contributed by atoms with van der Waals surface area (Å²) in [6.45, 7) is 1.29. The van der Waals surface area contributed by atoms with E-state index in [0.29, 0.717) is 74.0 Å². The normalized spacial score (nSPS) is 37.3. The fourth-order valence-corrected chi connectivity index (χ4v) is 16.4. The fourth-order valence-electron chi connectivity index (χ4n) is 16.4. The van der Waals surface area contributed by atoms with Crippen molar-refractivity contribution in [1.29, 1.82) is 0 Å². The van der Waals surface area contributed by atoms with Gasteiger partial charge in [-0.1, -0.05) is 92.8 Å². The van der Waals surface area contributed by atoms with Gasteiger partial charge >= 0.3 is 0 Å². The fraction of sp³-hybridized carbons (Fsp3) is 0.724. The first kappa shape index (κ1) is 90.5. The van der Waals surface area contributed by atoms with Crippen LogP contribution in [-0.2, 0) is 93.9 Å². The van der Waals surface area contributed by atoms with Crippen LogP contribution in [-0.4, -0.2) is 361 Å². The maximum absolute atomic E-state index is 14.9. The Kier molecular flexibility index (Phi) is 30.7. The summed E-state index contributed by atoms with van der Waals surface area (Å²) in [6.07, 6.45) is -53.9. The third-order valence-electron chi connectivity index (χ3n) is 23.1. The molecule has 118 heavy (non-hydrogen) atoms. The van der Waals surface area contributed by atoms with E-state index in [1.54, 1.807) is 48.5 Å². The molecular formula is C76H107N9O33. The summed E-state index contributed by atoms with van der Waals surface area (Å²) in [7, 11) is 0. The number of ketones is 1. The molecule has 31 atom stereocenters. The largest absolute Gasteiger partial charge is 0.394 e. The number of carbonyl (C=O) groups excluding carboxylic acids is 5. The van der Waals surface area contributed by atoms with E-state index < -0.39 is 230 Å². The van der Waals surface area contributed by atoms with Gasteiger partial charge < -0.3 is 149 Å². The highest BCUT2D eigenvalue weighted by Gasteiger charge is 2.59. The minimum Gasteiger partial charge on any atom is -0.394 e. The number of amides is 4. The number of nitrogens with one attached hydrogen (secondary N) is 1. The second-order valence-electron chi connectivity index (χ2n) is 32.0. The number of benzene rings is 2. The van der Waals surface area contributed by atoms with Gasteiger partial charge in [0.2, 0.25) is 11.8 Å². The van der Waals surface area contributed by atoms with Gasteiger partial charge in [-0.15, -0.1) is 5.10 Å². The zero-order valence-electron chi connectivity index (χ0n) is 65.0. The molecule has 3 aromatic rings. The predicted octanol–water partition coefficient (Wildman–Crippen LogP) is -4.69. The number of unbranched alkanes of at least 4 members (excludes halogenated alkanes) is 4. The Hall–Kier alpha value is -6.74. The summed E-state index contributed by atoms with van der Waals surface area (Å²) in [5.41, 5.74) is 11.4. The average Bonchev–Trinajstić information content (AvgIpc) is 1.48. The molecule has 12 bridgehead atoms. The second kappa shape index (κ2) is 40.1. The van der Waals surface area contributed by atoms with E-state index in [9.17, 15) is 111 Å². The molecule has 27 rings (SSSR count). The molecule has 24 aliphatic heterocycles. The van der Waals surface area contributed by atoms with Gasteiger partial charge in [-0.2, -0.15) is 0 Å². The Labute approximate surface area is 675 Å². The number of Topliss-reactive ketones (excluding diaryl/α,β-unsaturated/α-hetero) is 1. The van der Waals surface area contributed by atoms with E-state index in [4.69, 9.17) is 56.8 Å². The number of fused-ring (bicyclic) bond motifs is 5. The van der Waals surface area contributed by atoms with Crippen LogP contribution in [0.25, 0.3) is 33.0 Å². The van der Waals surface area contributed by atoms with Crippen LogP contribution in [0.5, 0.6) is 0 Å². The monoisotopic (exact) mass is 1670 g/mol. The van der Waals surface area contributed by atoms with Crippen LogP contribution < -0.4 is 10.2 Å². The molecular weight excluding hydrogens is 1570 g/mol. The van der Waals surface area contributed by atoms with Crippen LogP contribution in [0.2, 0.25) is 0 Å². The first-order valence-corrected chi connectivity index (χ1v) is 39.7. The summed E-state index contributed by atoms with van der Waals surface area (Å²) >= 11 is 0. The number of azide groups is 1. The number of hydrogen-bond donors (Lipinski definition) is 17. The maximum Gasteiger partial charge on any atom is 0.253 e. The van der Waals surface area contributed by atoms with Crippen LogP contribution in [0.15, 0.2) is 65.8 Å². The number of imide groups is 1. The molecule has 30 unspecified atom stereocenters. The van der Waals surface area contributed by atoms with Crippen molar-refractivity contribution in [1.82, 2.24) is 25.2 Å². The van der Waals surface area contributed by atoms with Crippen molar-refractivity contribution >= 4 is 35.1 Å². The van der Waals surface area contributed by atoms with Crippen LogP contribution in [0.4, 0.5) is 5.69 Å². The predicted molar refractivity (Wildman–Crippen MR) is 395 cm³/mol. The highest BCUT2D eigenvalue weighted by atomic mass is 16.8. The van der Waals surface area contributed by atoms with Crippen LogP contribution in [0.3, 0.4) is 0 Å². The van der Waals surface area contributed by atoms with E-state index in [2.05, 4.69) is 46.4 Å². The number of aliphatic hydroxyl groups excluding tert-OH is 16. The Morgan fingerprint density at radius 2 is 0.941 bits per heavy atom. The molecule has 0 spiro atoms. The number of nitrogens with zero attached hydrogens (tertiary/aromatic N) is 8. The maximum atomic E-state index is 14.9. The van der Waals surface area contributed by atoms with Gasteiger partial charge in [0.25, 0.3) is 11.8 Å². The van der Waals surface area contributed by atoms with Gasteiger partial charge in [-0.3, -0.25) is 28.9 Å². The summed E-state index contributed by atoms with van der Waals surface area (Å²) in [6, 6.07) is 13.6. The Bertz CT molecular complexity index is 3940. The minimum absolute atomic E-state index is 0.0247. The van der Waals surface area contributed by atoms with Crippen LogP contribution >= 0.6 is 0 Å². The second-order valence-corrected chi connectivity index (χ2v) is 32.0. The summed E-state index contributed by atoms with van der Waals surface area (Å²) in [4.78, 5) is 70.8. The van der Waals surface area contributed by atoms with Gasteiger partial charge in [0, 0.05) is 67.0 Å². The quantitative estimate of drug-likeness (QED) is 0.0125. The molecule has 24 aliphatic rings. The van der Waals surface area contributed by atoms with Crippen molar-refractivity contribution in [2.24, 2.45) is 16.4 Å². The van der Waals surface area contributed by atoms with E-state index in [-0.39, 0.29) is 65.6 Å². The van der Waals surface area contributed by atoms with Crippen molar-refractivity contribution < 1.29 is 163 Å². The lowest BCUT2D eigenvalue weighted by atomic mass is 9.74. The van der Waals surface area contributed by atoms with E-state index in [0.717, 1.165) is 19.3 Å². The number of ether oxygens (including phenoxy) is 12. The SMILES string of the molecule is CC(C)(C)[C@@H](CCCCCNC(=O)CCC(=O)N1Cc2ccccc2-c2nnn(CC3OC4OC5C(CO)OC(OC6C(CO)OC(OC7C(CO)OC(OC8C(CN=[N+]=[N-])OC(OC9C(CO)OC(OC3C(O)C4O)C(O)C9O)C(O)C8O)C(O)C7O)C(O)C6O)C(O)C5O)c2-c2ccccc21)CC(=O)CCCCCN1C(=O)C=CC1=O. The average molecular weight is 1670 g/mol. The molecule has 25 heterocycles. The van der Waals surface area contributed by atoms with Gasteiger partial charge in [0.15, 0.2) is 37.7 Å². The zero-order valence-corrected chi connectivity index (χ0v) is 65.0. The highest BCUT2D eigenvalue weighted by molar-refractivity contribution is 6.12. The number of aromatic nitrogens is 3. The number of hydrogen-bond acceptors (Lipinski definition) is 36. The molecule has 654 valence electrons. The van der Waals surface area contributed by atoms with Gasteiger partial charge in [0.05, 0.1) is 63.5 Å². The molecule has 4 amide bonds. The number of carbonyl (C=O) groups is 5. The standard InChI is InChI=1S/C76H107N9O33/c1-76(2,3)35(26-36(90)16-7-5-13-25-83-47(92)22-23-48(83)93)15-6-4-12-24-78-46(91)20-21-49(94)84-28-34-14-8-9-17-37(34)50-51(38-18-10-11-19-39(38)84)85(82-80-50)29-41-65-53(96)59(102)71(108-41)116-67-43(31-87)111-74(62(105)56(67)99)118-69-45(33-89)112-75(63(106)57(69)100)117-68-44(32-88)109-72(60(103)54(68)97)113-64-40(27-79-81-77)107-70(58(101)52(64)95)115-66-42(30-86)110-73(114-65)61(104)55(66)98/h8-11,14,17-19,22-23,35,40-45,52-75,86-89,95-106H,4-7,12-13,15-16,20-21,24-33H2,1-3H3,(H,78,91)/t35-,40?,41?,42?,43?,44?,45?,52?,53?,54?,55?,56?,57?,58?,59?,60?,61?,62?,63?,64?,65?,66?,67?,68?,69?,70?,71?,72?,73?,74?,75?/m0/s1. The Balaban J connectivity index is 0.785. The smallest absolute Gasteiger partial charge is 0.253 e. The number of aliphatic hydroxyl groups is 16. The topological polar surface area (TPSA) is 618 Å². The van der Waals surface area contributed by atoms with E-state index in [1.165, 1.54) is 26.6 Å². The highest BCUT2D eigenvalue weighted by Crippen LogP contribution is 2.45. The van der Waals surface area contributed by atoms with E-state index >= 15 is 0 Å². The van der Waals surface area contributed by atoms with Crippen molar-refractivity contribution in [3.05, 3.63) is 76.7 Å². The molecule has 2 aromatic carbocycles. The van der Waals surface area contributed by atoms with Crippen LogP contribution in [0, 0.1) is 11.3 Å². The third-order valence-corrected chi connectivity index (χ3v) is 23.1. The molecule has 22 fully saturated rings. The van der Waals surface area contributed by atoms with Crippen molar-refractivity contribution in [2.45, 2.75) is 289 Å². The first-order chi connectivity index (χ1) is 56.5. The molecule has 1 aromatic heterocycles. The van der Waals surface area contributed by atoms with Crippen molar-refractivity contribution in [3.8, 4) is 22.5 Å². The summed E-state index contributed by atoms with van der Waals surface area (Å²) in [5, 5.41) is 201. The van der Waals surface area contributed by atoms with Crippen molar-refractivity contribution in [2.75, 3.05) is 51.0 Å². The summed E-state index contributed by atoms with van der Waals surface area (Å²) in [5.74, 6) is -1.22. The molecule has 17 N–H and O–H groups in total. The molecule has 42 heteroatoms. The Morgan fingerprint density at radius 1 is 0.517 bits per heavy atom. The number of para-hydroxylation sites is 1. The molecule has 0 saturated carbocycles. The van der Waals surface area contributed by atoms with Crippen molar-refractivity contribution in [3.63, 3.8) is 0 Å². The minimum atomic E-state index is -2.30. The lowest BCUT2D eigenvalue weighted by molar-refractivity contribution is -0.403. The van der Waals surface area contributed by atoms with Gasteiger partial charge in [0.1, 0.15) is 152 Å². The zero-order chi connectivity index (χ0) is 84.7. The molecule has 22 saturated heterocycles. The number of rotatable bonds is 25. The first-order valence-electron chi connectivity index (χ1n) is 39.7. The lowest BCUT2D eigenvalue weighted by Crippen LogP contribution is -2.69. The summed E-state index contributed by atoms with van der Waals surface area (Å²) < 4.78 is 73.5.